The molecule has 0 aromatic heterocycles. The second-order valence-electron chi connectivity index (χ2n) is 8.31. The van der Waals surface area contributed by atoms with Crippen molar-refractivity contribution in [1.82, 2.24) is 0 Å². The molecule has 0 nitrogen and oxygen atoms in total. The first kappa shape index (κ1) is 15.9. The summed E-state index contributed by atoms with van der Waals surface area (Å²) in [5.74, 6) is 1.68. The Morgan fingerprint density at radius 3 is 2.65 bits per heavy atom. The summed E-state index contributed by atoms with van der Waals surface area (Å²) in [6.07, 6.45) is 13.1. The fourth-order valence-electron chi connectivity index (χ4n) is 5.21. The maximum atomic E-state index is 2.60. The van der Waals surface area contributed by atoms with Gasteiger partial charge in [-0.3, -0.25) is 0 Å². The van der Waals surface area contributed by atoms with Gasteiger partial charge in [-0.15, -0.1) is 0 Å². The SMILES string of the molecule is C/C=C(\C)CC[C@@H]1C(C)=CC[C@@H]2C(C)(C)CCC[C@@]12C. The van der Waals surface area contributed by atoms with Crippen molar-refractivity contribution in [1.29, 1.82) is 0 Å². The summed E-state index contributed by atoms with van der Waals surface area (Å²) in [6, 6.07) is 0. The van der Waals surface area contributed by atoms with E-state index in [9.17, 15) is 0 Å². The van der Waals surface area contributed by atoms with Crippen LogP contribution in [0.1, 0.15) is 80.1 Å². The van der Waals surface area contributed by atoms with Crippen LogP contribution in [-0.2, 0) is 0 Å². The molecule has 2 rings (SSSR count). The van der Waals surface area contributed by atoms with E-state index in [1.807, 2.05) is 0 Å². The Morgan fingerprint density at radius 2 is 2.00 bits per heavy atom. The third-order valence-corrected chi connectivity index (χ3v) is 6.62. The predicted molar refractivity (Wildman–Crippen MR) is 89.8 cm³/mol. The van der Waals surface area contributed by atoms with Gasteiger partial charge in [0.15, 0.2) is 0 Å². The van der Waals surface area contributed by atoms with Crippen molar-refractivity contribution in [3.05, 3.63) is 23.3 Å². The van der Waals surface area contributed by atoms with Crippen molar-refractivity contribution < 1.29 is 0 Å². The minimum atomic E-state index is 0.526. The van der Waals surface area contributed by atoms with Gasteiger partial charge >= 0.3 is 0 Å². The summed E-state index contributed by atoms with van der Waals surface area (Å²) in [5, 5.41) is 0. The Balaban J connectivity index is 2.25. The van der Waals surface area contributed by atoms with Gasteiger partial charge in [0.1, 0.15) is 0 Å². The van der Waals surface area contributed by atoms with Crippen LogP contribution in [0, 0.1) is 22.7 Å². The summed E-state index contributed by atoms with van der Waals surface area (Å²) in [4.78, 5) is 0. The van der Waals surface area contributed by atoms with E-state index in [2.05, 4.69) is 53.7 Å². The van der Waals surface area contributed by atoms with Crippen LogP contribution in [0.3, 0.4) is 0 Å². The molecule has 0 aliphatic heterocycles. The van der Waals surface area contributed by atoms with Crippen LogP contribution in [0.25, 0.3) is 0 Å². The van der Waals surface area contributed by atoms with Gasteiger partial charge < -0.3 is 0 Å². The molecule has 0 amide bonds. The highest BCUT2D eigenvalue weighted by molar-refractivity contribution is 5.18. The average molecular weight is 274 g/mol. The molecule has 0 N–H and O–H groups in total. The molecule has 114 valence electrons. The van der Waals surface area contributed by atoms with Crippen molar-refractivity contribution >= 4 is 0 Å². The van der Waals surface area contributed by atoms with E-state index in [1.165, 1.54) is 38.5 Å². The molecular formula is C20H34. The van der Waals surface area contributed by atoms with Crippen molar-refractivity contribution in [2.24, 2.45) is 22.7 Å². The molecule has 0 heterocycles. The van der Waals surface area contributed by atoms with Gasteiger partial charge in [0.05, 0.1) is 0 Å². The zero-order chi connectivity index (χ0) is 15.0. The van der Waals surface area contributed by atoms with Gasteiger partial charge in [-0.1, -0.05) is 50.5 Å². The smallest absolute Gasteiger partial charge is 0.0146 e. The van der Waals surface area contributed by atoms with Gasteiger partial charge in [0.25, 0.3) is 0 Å². The van der Waals surface area contributed by atoms with Crippen LogP contribution in [-0.4, -0.2) is 0 Å². The van der Waals surface area contributed by atoms with Crippen LogP contribution in [0.5, 0.6) is 0 Å². The Hall–Kier alpha value is -0.520. The molecule has 0 spiro atoms. The molecule has 0 radical (unpaired) electrons. The first-order chi connectivity index (χ1) is 9.31. The van der Waals surface area contributed by atoms with Gasteiger partial charge in [0.2, 0.25) is 0 Å². The fourth-order valence-corrected chi connectivity index (χ4v) is 5.21. The quantitative estimate of drug-likeness (QED) is 0.513. The molecule has 2 aliphatic rings. The van der Waals surface area contributed by atoms with Crippen molar-refractivity contribution in [2.75, 3.05) is 0 Å². The van der Waals surface area contributed by atoms with E-state index < -0.39 is 0 Å². The molecule has 20 heavy (non-hydrogen) atoms. The summed E-state index contributed by atoms with van der Waals surface area (Å²) in [7, 11) is 0. The van der Waals surface area contributed by atoms with E-state index in [0.717, 1.165) is 11.8 Å². The number of fused-ring (bicyclic) bond motifs is 1. The molecule has 0 aromatic carbocycles. The minimum absolute atomic E-state index is 0.526. The highest BCUT2D eigenvalue weighted by atomic mass is 14.6. The zero-order valence-electron chi connectivity index (χ0n) is 14.6. The van der Waals surface area contributed by atoms with Gasteiger partial charge in [-0.05, 0) is 75.5 Å². The highest BCUT2D eigenvalue weighted by Gasteiger charge is 2.51. The van der Waals surface area contributed by atoms with Crippen molar-refractivity contribution in [2.45, 2.75) is 80.1 Å². The summed E-state index contributed by atoms with van der Waals surface area (Å²) in [6.45, 7) is 14.5. The van der Waals surface area contributed by atoms with Gasteiger partial charge in [-0.25, -0.2) is 0 Å². The lowest BCUT2D eigenvalue weighted by atomic mass is 9.48. The number of rotatable bonds is 3. The third-order valence-electron chi connectivity index (χ3n) is 6.62. The van der Waals surface area contributed by atoms with Crippen LogP contribution < -0.4 is 0 Å². The summed E-state index contributed by atoms with van der Waals surface area (Å²) in [5.41, 5.74) is 4.29. The van der Waals surface area contributed by atoms with E-state index >= 15 is 0 Å². The molecule has 0 aromatic rings. The molecule has 3 atom stereocenters. The highest BCUT2D eigenvalue weighted by Crippen LogP contribution is 2.60. The topological polar surface area (TPSA) is 0 Å². The van der Waals surface area contributed by atoms with Gasteiger partial charge in [-0.2, -0.15) is 0 Å². The van der Waals surface area contributed by atoms with Crippen molar-refractivity contribution in [3.8, 4) is 0 Å². The van der Waals surface area contributed by atoms with E-state index in [1.54, 1.807) is 11.1 Å². The number of hydrogen-bond donors (Lipinski definition) is 0. The number of hydrogen-bond acceptors (Lipinski definition) is 0. The minimum Gasteiger partial charge on any atom is -0.0887 e. The van der Waals surface area contributed by atoms with Crippen LogP contribution >= 0.6 is 0 Å². The maximum absolute atomic E-state index is 2.60. The Labute approximate surface area is 126 Å². The lowest BCUT2D eigenvalue weighted by molar-refractivity contribution is -0.0390. The molecule has 0 unspecified atom stereocenters. The fraction of sp³-hybridized carbons (Fsp3) is 0.800. The van der Waals surface area contributed by atoms with Gasteiger partial charge in [0, 0.05) is 0 Å². The third kappa shape index (κ3) is 2.76. The molecule has 0 heteroatoms. The molecule has 1 saturated carbocycles. The van der Waals surface area contributed by atoms with Crippen molar-refractivity contribution in [3.63, 3.8) is 0 Å². The van der Waals surface area contributed by atoms with Crippen LogP contribution in [0.2, 0.25) is 0 Å². The second-order valence-corrected chi connectivity index (χ2v) is 8.31. The average Bonchev–Trinajstić information content (AvgIpc) is 2.36. The lowest BCUT2D eigenvalue weighted by Crippen LogP contribution is -2.48. The standard InChI is InChI=1S/C20H34/c1-7-15(2)9-11-17-16(3)10-12-18-19(4,5)13-8-14-20(17,18)6/h7,10,17-18H,8-9,11-14H2,1-6H3/b15-7+/t17-,18-,20+/m1/s1. The molecule has 2 aliphatic carbocycles. The Kier molecular flexibility index (Phi) is 4.52. The van der Waals surface area contributed by atoms with E-state index in [-0.39, 0.29) is 0 Å². The summed E-state index contributed by atoms with van der Waals surface area (Å²) < 4.78 is 0. The number of allylic oxidation sites excluding steroid dienone is 4. The Morgan fingerprint density at radius 1 is 1.30 bits per heavy atom. The molecule has 0 saturated heterocycles. The zero-order valence-corrected chi connectivity index (χ0v) is 14.6. The first-order valence-corrected chi connectivity index (χ1v) is 8.59. The van der Waals surface area contributed by atoms with E-state index in [4.69, 9.17) is 0 Å². The maximum Gasteiger partial charge on any atom is -0.0146 e. The monoisotopic (exact) mass is 274 g/mol. The second kappa shape index (κ2) is 5.70. The molecular weight excluding hydrogens is 240 g/mol. The predicted octanol–water partition coefficient (Wildman–Crippen LogP) is 6.53. The van der Waals surface area contributed by atoms with Crippen LogP contribution in [0.15, 0.2) is 23.3 Å². The normalized spacial score (nSPS) is 37.3. The largest absolute Gasteiger partial charge is 0.0887 e. The molecule has 1 fully saturated rings. The summed E-state index contributed by atoms with van der Waals surface area (Å²) >= 11 is 0. The lowest BCUT2D eigenvalue weighted by Gasteiger charge is -2.57. The first-order valence-electron chi connectivity index (χ1n) is 8.59. The molecule has 0 bridgehead atoms. The Bertz CT molecular complexity index is 410. The van der Waals surface area contributed by atoms with Crippen LogP contribution in [0.4, 0.5) is 0 Å². The van der Waals surface area contributed by atoms with E-state index in [0.29, 0.717) is 10.8 Å².